The number of piperidine rings is 1. The molecule has 1 atom stereocenters. The van der Waals surface area contributed by atoms with Crippen molar-refractivity contribution in [3.63, 3.8) is 0 Å². The maximum absolute atomic E-state index is 13.9. The SMILES string of the molecule is C=CC(=O)N1CCN(c2nc(OCCN3CCC(C(=O)N4CCN(CCNC(=O)c5nnc(-c6cc(C(C)C)c(O)cc6O)n5-c5ccccc5)CC4)CC3)nc3c2CCN(c2cccc4cccc(Cl)c24)C3)CC1CC#N. The fourth-order valence-electron chi connectivity index (χ4n) is 11.4. The Balaban J connectivity index is 0.720. The van der Waals surface area contributed by atoms with E-state index in [4.69, 9.17) is 26.3 Å². The van der Waals surface area contributed by atoms with Crippen LogP contribution in [0, 0.1) is 17.2 Å². The van der Waals surface area contributed by atoms with Gasteiger partial charge in [-0.25, -0.2) is 0 Å². The Morgan fingerprint density at radius 3 is 2.37 bits per heavy atom. The summed E-state index contributed by atoms with van der Waals surface area (Å²) in [6, 6.07) is 26.6. The van der Waals surface area contributed by atoms with Crippen molar-refractivity contribution in [1.82, 2.24) is 49.6 Å². The van der Waals surface area contributed by atoms with Crippen molar-refractivity contribution in [2.75, 3.05) is 101 Å². The van der Waals surface area contributed by atoms with Crippen molar-refractivity contribution in [2.45, 2.75) is 58.0 Å². The standard InChI is InChI=1S/C58H66ClN13O6/c1-4-51(75)71-31-30-70(36-42(71)16-20-60)53-43-19-24-69(48-15-9-11-39-10-8-14-46(59)52(39)48)37-47(43)62-58(63-53)78-33-32-66-22-17-40(18-23-66)57(77)68-28-26-67(27-29-68)25-21-61-56(76)55-65-64-54(72(55)41-12-6-5-7-13-41)45-34-44(38(2)3)49(73)35-50(45)74/h4-15,34-35,38,40,42,73-74H,1,16-19,21-33,36-37H2,2-3H3,(H,61,76). The number of aromatic hydroxyl groups is 2. The third kappa shape index (κ3) is 11.4. The highest BCUT2D eigenvalue weighted by Crippen LogP contribution is 2.40. The number of carbonyl (C=O) groups is 3. The average molecular weight is 1080 g/mol. The van der Waals surface area contributed by atoms with Crippen LogP contribution in [0.3, 0.4) is 0 Å². The predicted octanol–water partition coefficient (Wildman–Crippen LogP) is 6.41. The Bertz CT molecular complexity index is 3220. The number of nitriles is 1. The zero-order chi connectivity index (χ0) is 54.5. The molecule has 0 aliphatic carbocycles. The van der Waals surface area contributed by atoms with E-state index < -0.39 is 5.91 Å². The summed E-state index contributed by atoms with van der Waals surface area (Å²) in [6.45, 7) is 16.3. The summed E-state index contributed by atoms with van der Waals surface area (Å²) in [7, 11) is 0. The molecule has 3 N–H and O–H groups in total. The summed E-state index contributed by atoms with van der Waals surface area (Å²) < 4.78 is 8.02. The minimum atomic E-state index is -0.416. The Morgan fingerprint density at radius 2 is 1.63 bits per heavy atom. The second-order valence-electron chi connectivity index (χ2n) is 20.7. The van der Waals surface area contributed by atoms with Crippen LogP contribution in [0.5, 0.6) is 17.5 Å². The van der Waals surface area contributed by atoms with Gasteiger partial charge >= 0.3 is 6.01 Å². The third-order valence-corrected chi connectivity index (χ3v) is 15.9. The van der Waals surface area contributed by atoms with Gasteiger partial charge in [0.25, 0.3) is 5.91 Å². The zero-order valence-electron chi connectivity index (χ0n) is 44.2. The van der Waals surface area contributed by atoms with Gasteiger partial charge in [-0.1, -0.05) is 74.5 Å². The van der Waals surface area contributed by atoms with E-state index in [1.54, 1.807) is 15.5 Å². The number of halogens is 1. The summed E-state index contributed by atoms with van der Waals surface area (Å²) in [4.78, 5) is 63.2. The van der Waals surface area contributed by atoms with Crippen LogP contribution < -0.4 is 19.9 Å². The molecule has 4 aliphatic rings. The molecule has 3 fully saturated rings. The third-order valence-electron chi connectivity index (χ3n) is 15.6. The number of aromatic nitrogens is 5. The molecule has 4 aliphatic heterocycles. The summed E-state index contributed by atoms with van der Waals surface area (Å²) >= 11 is 6.80. The lowest BCUT2D eigenvalue weighted by Crippen LogP contribution is -2.55. The fraction of sp³-hybridized carbons (Fsp3) is 0.414. The van der Waals surface area contributed by atoms with E-state index in [9.17, 15) is 29.9 Å². The second kappa shape index (κ2) is 23.8. The number of piperazine rings is 2. The quantitative estimate of drug-likeness (QED) is 0.0894. The maximum Gasteiger partial charge on any atom is 0.318 e. The first kappa shape index (κ1) is 53.6. The first-order chi connectivity index (χ1) is 37.9. The highest BCUT2D eigenvalue weighted by atomic mass is 35.5. The van der Waals surface area contributed by atoms with Gasteiger partial charge < -0.3 is 39.9 Å². The molecule has 0 radical (unpaired) electrons. The number of fused-ring (bicyclic) bond motifs is 2. The number of rotatable bonds is 16. The highest BCUT2D eigenvalue weighted by Gasteiger charge is 2.35. The lowest BCUT2D eigenvalue weighted by Gasteiger charge is -2.42. The number of anilines is 2. The summed E-state index contributed by atoms with van der Waals surface area (Å²) in [5.41, 5.74) is 4.56. The number of ether oxygens (including phenoxy) is 1. The average Bonchev–Trinajstić information content (AvgIpc) is 4.05. The Labute approximate surface area is 459 Å². The number of phenolic OH excluding ortho intramolecular Hbond substituents is 2. The van der Waals surface area contributed by atoms with Gasteiger partial charge in [0.2, 0.25) is 17.6 Å². The molecule has 0 saturated carbocycles. The van der Waals surface area contributed by atoms with Crippen molar-refractivity contribution >= 4 is 51.6 Å². The molecule has 19 nitrogen and oxygen atoms in total. The zero-order valence-corrected chi connectivity index (χ0v) is 45.0. The molecular formula is C58H66ClN13O6. The molecule has 406 valence electrons. The number of hydrogen-bond donors (Lipinski definition) is 3. The normalized spacial score (nSPS) is 17.5. The number of likely N-dealkylation sites (tertiary alicyclic amines) is 1. The van der Waals surface area contributed by atoms with Crippen molar-refractivity contribution in [3.05, 3.63) is 119 Å². The van der Waals surface area contributed by atoms with E-state index in [2.05, 4.69) is 66.0 Å². The molecule has 3 amide bonds. The van der Waals surface area contributed by atoms with E-state index in [1.165, 1.54) is 12.1 Å². The first-order valence-corrected chi connectivity index (χ1v) is 27.3. The van der Waals surface area contributed by atoms with E-state index in [0.717, 1.165) is 66.0 Å². The van der Waals surface area contributed by atoms with Crippen LogP contribution >= 0.6 is 11.6 Å². The van der Waals surface area contributed by atoms with Gasteiger partial charge in [0.15, 0.2) is 5.82 Å². The topological polar surface area (TPSA) is 213 Å². The highest BCUT2D eigenvalue weighted by molar-refractivity contribution is 6.36. The van der Waals surface area contributed by atoms with Crippen LogP contribution in [0.15, 0.2) is 91.5 Å². The number of amides is 3. The lowest BCUT2D eigenvalue weighted by atomic mass is 9.95. The summed E-state index contributed by atoms with van der Waals surface area (Å²) in [5, 5.41) is 45.5. The van der Waals surface area contributed by atoms with Crippen LogP contribution in [-0.4, -0.2) is 170 Å². The summed E-state index contributed by atoms with van der Waals surface area (Å²) in [6.07, 6.45) is 3.69. The van der Waals surface area contributed by atoms with Crippen LogP contribution in [0.4, 0.5) is 11.5 Å². The molecule has 78 heavy (non-hydrogen) atoms. The molecule has 6 heterocycles. The number of carbonyl (C=O) groups excluding carboxylic acids is 3. The van der Waals surface area contributed by atoms with Crippen molar-refractivity contribution in [3.8, 4) is 40.7 Å². The Morgan fingerprint density at radius 1 is 0.872 bits per heavy atom. The maximum atomic E-state index is 13.9. The number of phenols is 2. The smallest absolute Gasteiger partial charge is 0.318 e. The number of para-hydroxylation sites is 1. The molecule has 10 rings (SSSR count). The van der Waals surface area contributed by atoms with Gasteiger partial charge in [0.05, 0.1) is 41.4 Å². The van der Waals surface area contributed by atoms with Crippen LogP contribution in [-0.2, 0) is 22.6 Å². The van der Waals surface area contributed by atoms with Gasteiger partial charge in [-0.05, 0) is 85.6 Å². The second-order valence-corrected chi connectivity index (χ2v) is 21.1. The fourth-order valence-corrected chi connectivity index (χ4v) is 11.7. The molecule has 3 saturated heterocycles. The van der Waals surface area contributed by atoms with Crippen molar-refractivity contribution < 1.29 is 29.3 Å². The van der Waals surface area contributed by atoms with E-state index in [-0.39, 0.29) is 65.3 Å². The molecule has 4 aromatic carbocycles. The van der Waals surface area contributed by atoms with E-state index in [1.807, 2.05) is 67.3 Å². The number of nitrogens with one attached hydrogen (secondary N) is 1. The minimum absolute atomic E-state index is 0.0200. The Kier molecular flexibility index (Phi) is 16.4. The molecule has 6 aromatic rings. The molecule has 1 unspecified atom stereocenters. The molecule has 0 bridgehead atoms. The summed E-state index contributed by atoms with van der Waals surface area (Å²) in [5.74, 6) is 0.421. The lowest BCUT2D eigenvalue weighted by molar-refractivity contribution is -0.138. The molecule has 0 spiro atoms. The number of hydrogen-bond acceptors (Lipinski definition) is 15. The monoisotopic (exact) mass is 1080 g/mol. The molecule has 2 aromatic heterocycles. The van der Waals surface area contributed by atoms with Crippen molar-refractivity contribution in [2.24, 2.45) is 5.92 Å². The van der Waals surface area contributed by atoms with E-state index in [0.29, 0.717) is 107 Å². The van der Waals surface area contributed by atoms with Gasteiger partial charge in [-0.15, -0.1) is 10.2 Å². The van der Waals surface area contributed by atoms with Crippen LogP contribution in [0.2, 0.25) is 5.02 Å². The minimum Gasteiger partial charge on any atom is -0.508 e. The first-order valence-electron chi connectivity index (χ1n) is 27.0. The Hall–Kier alpha value is -7.79. The number of nitrogens with zero attached hydrogens (tertiary/aromatic N) is 12. The van der Waals surface area contributed by atoms with Gasteiger partial charge in [-0.2, -0.15) is 15.2 Å². The van der Waals surface area contributed by atoms with E-state index >= 15 is 0 Å². The van der Waals surface area contributed by atoms with Gasteiger partial charge in [0, 0.05) is 106 Å². The van der Waals surface area contributed by atoms with Crippen LogP contribution in [0.1, 0.15) is 66.5 Å². The van der Waals surface area contributed by atoms with Crippen molar-refractivity contribution in [1.29, 1.82) is 5.26 Å². The number of benzene rings is 4. The largest absolute Gasteiger partial charge is 0.508 e. The van der Waals surface area contributed by atoms with Gasteiger partial charge in [-0.3, -0.25) is 28.8 Å². The van der Waals surface area contributed by atoms with Crippen LogP contribution in [0.25, 0.3) is 27.8 Å². The van der Waals surface area contributed by atoms with Gasteiger partial charge in [0.1, 0.15) is 23.9 Å². The molecule has 20 heteroatoms. The predicted molar refractivity (Wildman–Crippen MR) is 298 cm³/mol. The molecular weight excluding hydrogens is 1010 g/mol.